The van der Waals surface area contributed by atoms with Crippen molar-refractivity contribution >= 4 is 5.91 Å². The van der Waals surface area contributed by atoms with E-state index in [-0.39, 0.29) is 17.7 Å². The standard InChI is InChI=1S/C17H24FNO3/c1-3-5-6-15(20)11-9-12-14(19-16(21)4-2)7-8-22-17(12)13(18)10-11/h9-10,14-15,20H,3-8H2,1-2H3,(H,19,21). The van der Waals surface area contributed by atoms with Crippen molar-refractivity contribution in [3.8, 4) is 5.75 Å². The van der Waals surface area contributed by atoms with Gasteiger partial charge in [0.1, 0.15) is 0 Å². The molecule has 2 unspecified atom stereocenters. The zero-order valence-electron chi connectivity index (χ0n) is 13.2. The molecular formula is C17H24FNO3. The average Bonchev–Trinajstić information content (AvgIpc) is 2.53. The number of carbonyl (C=O) groups excluding carboxylic acids is 1. The Morgan fingerprint density at radius 2 is 2.27 bits per heavy atom. The molecule has 4 nitrogen and oxygen atoms in total. The molecule has 2 rings (SSSR count). The molecule has 1 aromatic carbocycles. The van der Waals surface area contributed by atoms with Crippen LogP contribution in [0.4, 0.5) is 4.39 Å². The summed E-state index contributed by atoms with van der Waals surface area (Å²) in [5.41, 5.74) is 1.17. The molecule has 0 aromatic heterocycles. The maximum Gasteiger partial charge on any atom is 0.220 e. The van der Waals surface area contributed by atoms with Crippen molar-refractivity contribution in [2.45, 2.75) is 58.1 Å². The first-order valence-electron chi connectivity index (χ1n) is 8.00. The number of aliphatic hydroxyl groups excluding tert-OH is 1. The van der Waals surface area contributed by atoms with Gasteiger partial charge in [0.05, 0.1) is 18.8 Å². The lowest BCUT2D eigenvalue weighted by Gasteiger charge is -2.28. The predicted octanol–water partition coefficient (Wildman–Crippen LogP) is 3.40. The third kappa shape index (κ3) is 3.77. The molecule has 0 saturated heterocycles. The molecule has 0 saturated carbocycles. The van der Waals surface area contributed by atoms with Crippen LogP contribution in [0.1, 0.15) is 69.2 Å². The molecule has 2 N–H and O–H groups in total. The maximum atomic E-state index is 14.3. The van der Waals surface area contributed by atoms with Crippen molar-refractivity contribution in [3.05, 3.63) is 29.1 Å². The smallest absolute Gasteiger partial charge is 0.220 e. The summed E-state index contributed by atoms with van der Waals surface area (Å²) in [7, 11) is 0. The van der Waals surface area contributed by atoms with E-state index in [9.17, 15) is 14.3 Å². The minimum Gasteiger partial charge on any atom is -0.490 e. The fourth-order valence-corrected chi connectivity index (χ4v) is 2.68. The molecule has 122 valence electrons. The fourth-order valence-electron chi connectivity index (χ4n) is 2.68. The maximum absolute atomic E-state index is 14.3. The fraction of sp³-hybridized carbons (Fsp3) is 0.588. The Balaban J connectivity index is 2.28. The SMILES string of the molecule is CCCCC(O)c1cc(F)c2c(c1)C(NC(=O)CC)CCO2. The Kier molecular flexibility index (Phi) is 5.77. The van der Waals surface area contributed by atoms with Crippen molar-refractivity contribution in [3.63, 3.8) is 0 Å². The Morgan fingerprint density at radius 3 is 2.95 bits per heavy atom. The number of hydrogen-bond acceptors (Lipinski definition) is 3. The van der Waals surface area contributed by atoms with E-state index >= 15 is 0 Å². The number of amides is 1. The summed E-state index contributed by atoms with van der Waals surface area (Å²) in [6.07, 6.45) is 2.75. The van der Waals surface area contributed by atoms with E-state index in [1.807, 2.05) is 6.92 Å². The van der Waals surface area contributed by atoms with Crippen molar-refractivity contribution in [2.75, 3.05) is 6.61 Å². The van der Waals surface area contributed by atoms with Gasteiger partial charge in [-0.2, -0.15) is 0 Å². The topological polar surface area (TPSA) is 58.6 Å². The Labute approximate surface area is 130 Å². The van der Waals surface area contributed by atoms with Crippen LogP contribution in [0.3, 0.4) is 0 Å². The lowest BCUT2D eigenvalue weighted by molar-refractivity contribution is -0.121. The predicted molar refractivity (Wildman–Crippen MR) is 82.2 cm³/mol. The van der Waals surface area contributed by atoms with E-state index in [4.69, 9.17) is 4.74 Å². The number of rotatable bonds is 6. The van der Waals surface area contributed by atoms with E-state index in [0.29, 0.717) is 37.0 Å². The van der Waals surface area contributed by atoms with E-state index in [0.717, 1.165) is 12.8 Å². The van der Waals surface area contributed by atoms with Gasteiger partial charge < -0.3 is 15.2 Å². The molecular weight excluding hydrogens is 285 g/mol. The molecule has 0 fully saturated rings. The van der Waals surface area contributed by atoms with Crippen LogP contribution in [-0.4, -0.2) is 17.6 Å². The Morgan fingerprint density at radius 1 is 1.50 bits per heavy atom. The summed E-state index contributed by atoms with van der Waals surface area (Å²) in [4.78, 5) is 11.6. The van der Waals surface area contributed by atoms with Crippen LogP contribution in [0, 0.1) is 5.82 Å². The molecule has 5 heteroatoms. The number of aliphatic hydroxyl groups is 1. The first-order chi connectivity index (χ1) is 10.6. The number of fused-ring (bicyclic) bond motifs is 1. The molecule has 1 heterocycles. The molecule has 1 aliphatic heterocycles. The minimum absolute atomic E-state index is 0.0739. The minimum atomic E-state index is -0.691. The summed E-state index contributed by atoms with van der Waals surface area (Å²) < 4.78 is 19.7. The number of ether oxygens (including phenoxy) is 1. The Bertz CT molecular complexity index is 533. The second kappa shape index (κ2) is 7.58. The van der Waals surface area contributed by atoms with Crippen LogP contribution in [0.5, 0.6) is 5.75 Å². The number of carbonyl (C=O) groups is 1. The Hall–Kier alpha value is -1.62. The lowest BCUT2D eigenvalue weighted by Crippen LogP contribution is -2.32. The summed E-state index contributed by atoms with van der Waals surface area (Å²) in [5, 5.41) is 13.1. The quantitative estimate of drug-likeness (QED) is 0.846. The number of unbranched alkanes of at least 4 members (excludes halogenated alkanes) is 1. The van der Waals surface area contributed by atoms with Gasteiger partial charge in [-0.1, -0.05) is 26.7 Å². The van der Waals surface area contributed by atoms with Crippen LogP contribution < -0.4 is 10.1 Å². The number of benzene rings is 1. The van der Waals surface area contributed by atoms with Crippen LogP contribution in [-0.2, 0) is 4.79 Å². The van der Waals surface area contributed by atoms with Crippen molar-refractivity contribution < 1.29 is 19.0 Å². The van der Waals surface area contributed by atoms with Gasteiger partial charge in [0, 0.05) is 18.4 Å². The third-order valence-corrected chi connectivity index (χ3v) is 4.00. The van der Waals surface area contributed by atoms with Gasteiger partial charge in [0.25, 0.3) is 0 Å². The summed E-state index contributed by atoms with van der Waals surface area (Å²) >= 11 is 0. The van der Waals surface area contributed by atoms with Gasteiger partial charge in [0.2, 0.25) is 5.91 Å². The highest BCUT2D eigenvalue weighted by molar-refractivity contribution is 5.76. The number of hydrogen-bond donors (Lipinski definition) is 2. The zero-order valence-corrected chi connectivity index (χ0v) is 13.2. The summed E-state index contributed by atoms with van der Waals surface area (Å²) in [6, 6.07) is 2.84. The first kappa shape index (κ1) is 16.7. The van der Waals surface area contributed by atoms with E-state index in [1.165, 1.54) is 6.07 Å². The number of nitrogens with one attached hydrogen (secondary N) is 1. The zero-order chi connectivity index (χ0) is 16.1. The van der Waals surface area contributed by atoms with Crippen molar-refractivity contribution in [1.29, 1.82) is 0 Å². The molecule has 1 amide bonds. The molecule has 0 aliphatic carbocycles. The highest BCUT2D eigenvalue weighted by Gasteiger charge is 2.27. The van der Waals surface area contributed by atoms with Crippen LogP contribution >= 0.6 is 0 Å². The normalized spacial score (nSPS) is 18.3. The van der Waals surface area contributed by atoms with Gasteiger partial charge in [0.15, 0.2) is 11.6 Å². The molecule has 0 bridgehead atoms. The first-order valence-corrected chi connectivity index (χ1v) is 8.00. The summed E-state index contributed by atoms with van der Waals surface area (Å²) in [5.74, 6) is -0.354. The van der Waals surface area contributed by atoms with E-state index < -0.39 is 11.9 Å². The van der Waals surface area contributed by atoms with Crippen molar-refractivity contribution in [2.24, 2.45) is 0 Å². The second-order valence-electron chi connectivity index (χ2n) is 5.69. The van der Waals surface area contributed by atoms with Gasteiger partial charge >= 0.3 is 0 Å². The van der Waals surface area contributed by atoms with Crippen molar-refractivity contribution in [1.82, 2.24) is 5.32 Å². The monoisotopic (exact) mass is 309 g/mol. The largest absolute Gasteiger partial charge is 0.490 e. The van der Waals surface area contributed by atoms with Gasteiger partial charge in [-0.3, -0.25) is 4.79 Å². The van der Waals surface area contributed by atoms with Crippen LogP contribution in [0.15, 0.2) is 12.1 Å². The van der Waals surface area contributed by atoms with Gasteiger partial charge in [-0.25, -0.2) is 4.39 Å². The summed E-state index contributed by atoms with van der Waals surface area (Å²) in [6.45, 7) is 4.20. The second-order valence-corrected chi connectivity index (χ2v) is 5.69. The highest BCUT2D eigenvalue weighted by atomic mass is 19.1. The van der Waals surface area contributed by atoms with Crippen LogP contribution in [0.25, 0.3) is 0 Å². The lowest BCUT2D eigenvalue weighted by atomic mass is 9.94. The molecule has 2 atom stereocenters. The highest BCUT2D eigenvalue weighted by Crippen LogP contribution is 2.37. The molecule has 22 heavy (non-hydrogen) atoms. The van der Waals surface area contributed by atoms with E-state index in [2.05, 4.69) is 5.32 Å². The molecule has 0 radical (unpaired) electrons. The molecule has 0 spiro atoms. The van der Waals surface area contributed by atoms with E-state index in [1.54, 1.807) is 13.0 Å². The number of halogens is 1. The average molecular weight is 309 g/mol. The van der Waals surface area contributed by atoms with Crippen LogP contribution in [0.2, 0.25) is 0 Å². The van der Waals surface area contributed by atoms with Gasteiger partial charge in [-0.15, -0.1) is 0 Å². The third-order valence-electron chi connectivity index (χ3n) is 4.00. The van der Waals surface area contributed by atoms with Gasteiger partial charge in [-0.05, 0) is 24.1 Å². The molecule has 1 aromatic rings. The molecule has 1 aliphatic rings.